The van der Waals surface area contributed by atoms with Crippen molar-refractivity contribution in [1.82, 2.24) is 9.97 Å². The molecule has 1 aromatic carbocycles. The second-order valence-corrected chi connectivity index (χ2v) is 4.49. The van der Waals surface area contributed by atoms with E-state index in [1.807, 2.05) is 29.2 Å². The Morgan fingerprint density at radius 3 is 2.83 bits per heavy atom. The number of para-hydroxylation sites is 2. The highest BCUT2D eigenvalue weighted by molar-refractivity contribution is 5.76. The number of aromatic nitrogens is 2. The van der Waals surface area contributed by atoms with E-state index in [-0.39, 0.29) is 5.92 Å². The summed E-state index contributed by atoms with van der Waals surface area (Å²) in [5, 5.41) is 8.99. The highest BCUT2D eigenvalue weighted by Crippen LogP contribution is 2.23. The zero-order chi connectivity index (χ0) is 12.5. The topological polar surface area (TPSA) is 66.3 Å². The van der Waals surface area contributed by atoms with Crippen molar-refractivity contribution in [2.45, 2.75) is 6.42 Å². The zero-order valence-electron chi connectivity index (χ0n) is 9.78. The van der Waals surface area contributed by atoms with Gasteiger partial charge >= 0.3 is 5.97 Å². The van der Waals surface area contributed by atoms with Crippen LogP contribution in [0.3, 0.4) is 0 Å². The number of anilines is 1. The van der Waals surface area contributed by atoms with E-state index >= 15 is 0 Å². The molecule has 18 heavy (non-hydrogen) atoms. The van der Waals surface area contributed by atoms with Gasteiger partial charge in [-0.05, 0) is 18.6 Å². The number of aliphatic carboxylic acids is 1. The fourth-order valence-corrected chi connectivity index (χ4v) is 2.27. The second-order valence-electron chi connectivity index (χ2n) is 4.49. The summed E-state index contributed by atoms with van der Waals surface area (Å²) < 4.78 is 0. The van der Waals surface area contributed by atoms with Gasteiger partial charge in [0.15, 0.2) is 0 Å². The molecule has 1 unspecified atom stereocenters. The van der Waals surface area contributed by atoms with Gasteiger partial charge in [-0.2, -0.15) is 0 Å². The van der Waals surface area contributed by atoms with E-state index in [2.05, 4.69) is 9.97 Å². The molecule has 1 aromatic heterocycles. The molecule has 2 aromatic rings. The molecule has 1 aliphatic heterocycles. The van der Waals surface area contributed by atoms with Crippen molar-refractivity contribution in [2.75, 3.05) is 18.0 Å². The summed E-state index contributed by atoms with van der Waals surface area (Å²) in [5.41, 5.74) is 1.70. The van der Waals surface area contributed by atoms with Crippen molar-refractivity contribution in [3.8, 4) is 0 Å². The van der Waals surface area contributed by atoms with Crippen molar-refractivity contribution in [3.05, 3.63) is 30.5 Å². The third kappa shape index (κ3) is 1.88. The van der Waals surface area contributed by atoms with Gasteiger partial charge in [0.05, 0.1) is 23.1 Å². The minimum absolute atomic E-state index is 0.293. The van der Waals surface area contributed by atoms with Gasteiger partial charge < -0.3 is 10.0 Å². The van der Waals surface area contributed by atoms with Gasteiger partial charge in [-0.1, -0.05) is 12.1 Å². The highest BCUT2D eigenvalue weighted by atomic mass is 16.4. The predicted molar refractivity (Wildman–Crippen MR) is 67.5 cm³/mol. The van der Waals surface area contributed by atoms with Gasteiger partial charge in [0.2, 0.25) is 0 Å². The summed E-state index contributed by atoms with van der Waals surface area (Å²) in [5.74, 6) is -0.262. The Balaban J connectivity index is 1.89. The van der Waals surface area contributed by atoms with Gasteiger partial charge in [-0.25, -0.2) is 4.98 Å². The van der Waals surface area contributed by atoms with Gasteiger partial charge in [0.25, 0.3) is 0 Å². The molecular formula is C13H13N3O2. The van der Waals surface area contributed by atoms with E-state index in [1.54, 1.807) is 6.20 Å². The number of benzene rings is 1. The van der Waals surface area contributed by atoms with Crippen molar-refractivity contribution >= 4 is 22.8 Å². The molecule has 0 spiro atoms. The molecule has 1 atom stereocenters. The molecule has 1 saturated heterocycles. The lowest BCUT2D eigenvalue weighted by Crippen LogP contribution is -2.23. The molecule has 0 radical (unpaired) electrons. The molecule has 5 heteroatoms. The van der Waals surface area contributed by atoms with Crippen LogP contribution in [0.4, 0.5) is 5.82 Å². The monoisotopic (exact) mass is 243 g/mol. The molecule has 0 amide bonds. The van der Waals surface area contributed by atoms with Crippen LogP contribution in [0.1, 0.15) is 6.42 Å². The third-order valence-corrected chi connectivity index (χ3v) is 3.30. The third-order valence-electron chi connectivity index (χ3n) is 3.30. The highest BCUT2D eigenvalue weighted by Gasteiger charge is 2.28. The summed E-state index contributed by atoms with van der Waals surface area (Å²) in [6, 6.07) is 7.67. The van der Waals surface area contributed by atoms with Gasteiger partial charge in [-0.15, -0.1) is 0 Å². The predicted octanol–water partition coefficient (Wildman–Crippen LogP) is 1.54. The normalized spacial score (nSPS) is 19.3. The molecule has 1 aliphatic rings. The van der Waals surface area contributed by atoms with Gasteiger partial charge in [0.1, 0.15) is 5.82 Å². The van der Waals surface area contributed by atoms with Crippen LogP contribution in [0.15, 0.2) is 30.5 Å². The average Bonchev–Trinajstić information content (AvgIpc) is 2.88. The van der Waals surface area contributed by atoms with Crippen LogP contribution in [0.2, 0.25) is 0 Å². The van der Waals surface area contributed by atoms with Crippen LogP contribution in [0.5, 0.6) is 0 Å². The number of fused-ring (bicyclic) bond motifs is 1. The van der Waals surface area contributed by atoms with Gasteiger partial charge in [0, 0.05) is 13.1 Å². The molecule has 0 bridgehead atoms. The maximum Gasteiger partial charge on any atom is 0.308 e. The number of hydrogen-bond donors (Lipinski definition) is 1. The average molecular weight is 243 g/mol. The van der Waals surface area contributed by atoms with Crippen LogP contribution in [0, 0.1) is 5.92 Å². The lowest BCUT2D eigenvalue weighted by Gasteiger charge is -2.16. The Labute approximate surface area is 104 Å². The number of hydrogen-bond acceptors (Lipinski definition) is 4. The summed E-state index contributed by atoms with van der Waals surface area (Å²) >= 11 is 0. The first-order valence-corrected chi connectivity index (χ1v) is 5.93. The molecule has 0 aliphatic carbocycles. The van der Waals surface area contributed by atoms with E-state index in [0.717, 1.165) is 23.4 Å². The largest absolute Gasteiger partial charge is 0.481 e. The summed E-state index contributed by atoms with van der Waals surface area (Å²) in [6.45, 7) is 1.24. The number of carboxylic acids is 1. The Bertz CT molecular complexity index is 600. The van der Waals surface area contributed by atoms with Crippen molar-refractivity contribution in [2.24, 2.45) is 5.92 Å². The van der Waals surface area contributed by atoms with Crippen LogP contribution in [-0.2, 0) is 4.79 Å². The maximum atomic E-state index is 10.9. The van der Waals surface area contributed by atoms with Crippen LogP contribution < -0.4 is 4.90 Å². The van der Waals surface area contributed by atoms with E-state index in [4.69, 9.17) is 5.11 Å². The van der Waals surface area contributed by atoms with Crippen molar-refractivity contribution in [3.63, 3.8) is 0 Å². The lowest BCUT2D eigenvalue weighted by molar-refractivity contribution is -0.140. The smallest absolute Gasteiger partial charge is 0.308 e. The molecule has 1 fully saturated rings. The Hall–Kier alpha value is -2.17. The first-order chi connectivity index (χ1) is 8.74. The first kappa shape index (κ1) is 11.0. The Morgan fingerprint density at radius 2 is 2.11 bits per heavy atom. The van der Waals surface area contributed by atoms with E-state index in [1.165, 1.54) is 0 Å². The summed E-state index contributed by atoms with van der Waals surface area (Å²) in [6.07, 6.45) is 2.39. The van der Waals surface area contributed by atoms with Crippen molar-refractivity contribution < 1.29 is 9.90 Å². The van der Waals surface area contributed by atoms with E-state index in [0.29, 0.717) is 13.0 Å². The van der Waals surface area contributed by atoms with Crippen molar-refractivity contribution in [1.29, 1.82) is 0 Å². The fourth-order valence-electron chi connectivity index (χ4n) is 2.27. The standard InChI is InChI=1S/C13H13N3O2/c17-13(18)9-5-6-16(8-9)12-7-14-10-3-1-2-4-11(10)15-12/h1-4,7,9H,5-6,8H2,(H,17,18). The van der Waals surface area contributed by atoms with Crippen LogP contribution >= 0.6 is 0 Å². The number of nitrogens with zero attached hydrogens (tertiary/aromatic N) is 3. The number of carboxylic acid groups (broad SMARTS) is 1. The molecule has 92 valence electrons. The molecular weight excluding hydrogens is 230 g/mol. The SMILES string of the molecule is O=C(O)C1CCN(c2cnc3ccccc3n2)C1. The van der Waals surface area contributed by atoms with Crippen LogP contribution in [0.25, 0.3) is 11.0 Å². The maximum absolute atomic E-state index is 10.9. The molecule has 0 saturated carbocycles. The number of carbonyl (C=O) groups is 1. The zero-order valence-corrected chi connectivity index (χ0v) is 9.78. The summed E-state index contributed by atoms with van der Waals surface area (Å²) in [7, 11) is 0. The minimum Gasteiger partial charge on any atom is -0.481 e. The number of rotatable bonds is 2. The second kappa shape index (κ2) is 4.25. The first-order valence-electron chi connectivity index (χ1n) is 5.93. The lowest BCUT2D eigenvalue weighted by atomic mass is 10.1. The van der Waals surface area contributed by atoms with Gasteiger partial charge in [-0.3, -0.25) is 9.78 Å². The Morgan fingerprint density at radius 1 is 1.33 bits per heavy atom. The quantitative estimate of drug-likeness (QED) is 0.866. The molecule has 2 heterocycles. The fraction of sp³-hybridized carbons (Fsp3) is 0.308. The molecule has 5 nitrogen and oxygen atoms in total. The molecule has 3 rings (SSSR count). The molecule has 1 N–H and O–H groups in total. The summed E-state index contributed by atoms with van der Waals surface area (Å²) in [4.78, 5) is 21.8. The minimum atomic E-state index is -0.730. The van der Waals surface area contributed by atoms with Crippen LogP contribution in [-0.4, -0.2) is 34.1 Å². The van der Waals surface area contributed by atoms with E-state index < -0.39 is 5.97 Å². The Kier molecular flexibility index (Phi) is 2.59. The van der Waals surface area contributed by atoms with E-state index in [9.17, 15) is 4.79 Å².